The fraction of sp³-hybridized carbons (Fsp3) is 0.750. The Balaban J connectivity index is 3.03. The summed E-state index contributed by atoms with van der Waals surface area (Å²) >= 11 is 0. The second kappa shape index (κ2) is 15.4. The van der Waals surface area contributed by atoms with Crippen LogP contribution in [0.2, 0.25) is 0 Å². The molecule has 0 spiro atoms. The third kappa shape index (κ3) is 15.4. The van der Waals surface area contributed by atoms with Crippen molar-refractivity contribution in [3.8, 4) is 0 Å². The van der Waals surface area contributed by atoms with Crippen molar-refractivity contribution in [2.45, 2.75) is 71.1 Å². The van der Waals surface area contributed by atoms with Crippen molar-refractivity contribution in [2.75, 3.05) is 6.54 Å². The highest BCUT2D eigenvalue weighted by Gasteiger charge is 1.90. The van der Waals surface area contributed by atoms with Crippen molar-refractivity contribution >= 4 is 0 Å². The minimum atomic E-state index is 0.641. The van der Waals surface area contributed by atoms with Crippen LogP contribution in [0, 0.1) is 0 Å². The van der Waals surface area contributed by atoms with E-state index in [-0.39, 0.29) is 0 Å². The van der Waals surface area contributed by atoms with Gasteiger partial charge < -0.3 is 5.73 Å². The van der Waals surface area contributed by atoms with Crippen LogP contribution in [0.1, 0.15) is 71.1 Å². The molecule has 0 rings (SSSR count). The molecule has 0 fully saturated rings. The standard InChI is InChI=1S/C16H31N/c1-2-3-4-5-6-7-8-9-10-11-12-13-14-15-16-17/h12-15H,2-11,16-17H2,1H3/b13-12+,15-14+. The van der Waals surface area contributed by atoms with Crippen molar-refractivity contribution in [1.82, 2.24) is 0 Å². The fourth-order valence-electron chi connectivity index (χ4n) is 1.90. The van der Waals surface area contributed by atoms with Gasteiger partial charge in [0.2, 0.25) is 0 Å². The minimum absolute atomic E-state index is 0.641. The molecule has 0 bridgehead atoms. The van der Waals surface area contributed by atoms with E-state index in [9.17, 15) is 0 Å². The maximum absolute atomic E-state index is 5.35. The highest BCUT2D eigenvalue weighted by molar-refractivity contribution is 5.02. The second-order valence-electron chi connectivity index (χ2n) is 4.71. The molecule has 0 aromatic carbocycles. The van der Waals surface area contributed by atoms with Crippen molar-refractivity contribution < 1.29 is 0 Å². The summed E-state index contributed by atoms with van der Waals surface area (Å²) in [6.07, 6.45) is 22.2. The van der Waals surface area contributed by atoms with E-state index >= 15 is 0 Å². The van der Waals surface area contributed by atoms with E-state index in [1.807, 2.05) is 12.2 Å². The van der Waals surface area contributed by atoms with E-state index in [4.69, 9.17) is 5.73 Å². The molecule has 0 unspecified atom stereocenters. The number of hydrogen-bond donors (Lipinski definition) is 1. The van der Waals surface area contributed by atoms with Gasteiger partial charge in [-0.3, -0.25) is 0 Å². The molecule has 0 aliphatic heterocycles. The van der Waals surface area contributed by atoms with E-state index in [1.54, 1.807) is 0 Å². The molecule has 0 aromatic heterocycles. The lowest BCUT2D eigenvalue weighted by molar-refractivity contribution is 0.566. The van der Waals surface area contributed by atoms with Crippen LogP contribution in [0.5, 0.6) is 0 Å². The van der Waals surface area contributed by atoms with Gasteiger partial charge in [-0.1, -0.05) is 82.6 Å². The van der Waals surface area contributed by atoms with Crippen LogP contribution in [0.25, 0.3) is 0 Å². The van der Waals surface area contributed by atoms with Gasteiger partial charge in [0.25, 0.3) is 0 Å². The fourth-order valence-corrected chi connectivity index (χ4v) is 1.90. The Kier molecular flexibility index (Phi) is 14.9. The molecule has 100 valence electrons. The zero-order valence-corrected chi connectivity index (χ0v) is 11.7. The third-order valence-corrected chi connectivity index (χ3v) is 2.99. The molecule has 0 amide bonds. The Morgan fingerprint density at radius 1 is 0.706 bits per heavy atom. The number of unbranched alkanes of at least 4 members (excludes halogenated alkanes) is 9. The quantitative estimate of drug-likeness (QED) is 0.376. The third-order valence-electron chi connectivity index (χ3n) is 2.99. The summed E-state index contributed by atoms with van der Waals surface area (Å²) in [7, 11) is 0. The summed E-state index contributed by atoms with van der Waals surface area (Å²) in [5.41, 5.74) is 5.35. The smallest absolute Gasteiger partial charge is 0.0109 e. The predicted octanol–water partition coefficient (Wildman–Crippen LogP) is 4.98. The van der Waals surface area contributed by atoms with Gasteiger partial charge >= 0.3 is 0 Å². The summed E-state index contributed by atoms with van der Waals surface area (Å²) in [6.45, 7) is 2.92. The van der Waals surface area contributed by atoms with Crippen molar-refractivity contribution in [2.24, 2.45) is 5.73 Å². The van der Waals surface area contributed by atoms with Crippen molar-refractivity contribution in [1.29, 1.82) is 0 Å². The van der Waals surface area contributed by atoms with Crippen molar-refractivity contribution in [3.63, 3.8) is 0 Å². The van der Waals surface area contributed by atoms with Crippen LogP contribution in [-0.2, 0) is 0 Å². The first kappa shape index (κ1) is 16.4. The molecule has 0 radical (unpaired) electrons. The summed E-state index contributed by atoms with van der Waals surface area (Å²) in [6, 6.07) is 0. The van der Waals surface area contributed by atoms with Gasteiger partial charge in [-0.05, 0) is 12.8 Å². The number of nitrogens with two attached hydrogens (primary N) is 1. The maximum Gasteiger partial charge on any atom is 0.0109 e. The van der Waals surface area contributed by atoms with Crippen LogP contribution in [-0.4, -0.2) is 6.54 Å². The van der Waals surface area contributed by atoms with E-state index in [1.165, 1.54) is 64.2 Å². The zero-order valence-electron chi connectivity index (χ0n) is 11.7. The van der Waals surface area contributed by atoms with Crippen LogP contribution in [0.4, 0.5) is 0 Å². The Morgan fingerprint density at radius 3 is 1.82 bits per heavy atom. The van der Waals surface area contributed by atoms with Gasteiger partial charge in [0.1, 0.15) is 0 Å². The van der Waals surface area contributed by atoms with Gasteiger partial charge in [0.15, 0.2) is 0 Å². The van der Waals surface area contributed by atoms with Crippen LogP contribution in [0.15, 0.2) is 24.3 Å². The van der Waals surface area contributed by atoms with Gasteiger partial charge in [0, 0.05) is 6.54 Å². The highest BCUT2D eigenvalue weighted by atomic mass is 14.5. The van der Waals surface area contributed by atoms with Gasteiger partial charge in [-0.15, -0.1) is 0 Å². The number of rotatable bonds is 12. The lowest BCUT2D eigenvalue weighted by Gasteiger charge is -2.00. The van der Waals surface area contributed by atoms with Crippen LogP contribution in [0.3, 0.4) is 0 Å². The van der Waals surface area contributed by atoms with Gasteiger partial charge in [-0.25, -0.2) is 0 Å². The lowest BCUT2D eigenvalue weighted by Crippen LogP contribution is -1.91. The molecule has 0 aromatic rings. The predicted molar refractivity (Wildman–Crippen MR) is 79.2 cm³/mol. The molecule has 0 saturated heterocycles. The van der Waals surface area contributed by atoms with Gasteiger partial charge in [-0.2, -0.15) is 0 Å². The first-order valence-electron chi connectivity index (χ1n) is 7.43. The topological polar surface area (TPSA) is 26.0 Å². The molecular formula is C16H31N. The Morgan fingerprint density at radius 2 is 1.24 bits per heavy atom. The Hall–Kier alpha value is -0.560. The summed E-state index contributed by atoms with van der Waals surface area (Å²) in [4.78, 5) is 0. The lowest BCUT2D eigenvalue weighted by atomic mass is 10.1. The number of allylic oxidation sites excluding steroid dienone is 3. The largest absolute Gasteiger partial charge is 0.327 e. The molecule has 1 nitrogen and oxygen atoms in total. The van der Waals surface area contributed by atoms with E-state index in [2.05, 4.69) is 19.1 Å². The summed E-state index contributed by atoms with van der Waals surface area (Å²) < 4.78 is 0. The number of hydrogen-bond acceptors (Lipinski definition) is 1. The van der Waals surface area contributed by atoms with Gasteiger partial charge in [0.05, 0.1) is 0 Å². The second-order valence-corrected chi connectivity index (χ2v) is 4.71. The molecule has 0 aliphatic rings. The average molecular weight is 237 g/mol. The zero-order chi connectivity index (χ0) is 12.6. The molecule has 0 heterocycles. The van der Waals surface area contributed by atoms with Crippen LogP contribution >= 0.6 is 0 Å². The highest BCUT2D eigenvalue weighted by Crippen LogP contribution is 2.10. The first-order valence-corrected chi connectivity index (χ1v) is 7.43. The first-order chi connectivity index (χ1) is 8.41. The molecule has 1 heteroatoms. The monoisotopic (exact) mass is 237 g/mol. The molecule has 0 atom stereocenters. The minimum Gasteiger partial charge on any atom is -0.327 e. The van der Waals surface area contributed by atoms with E-state index in [0.717, 1.165) is 0 Å². The molecule has 17 heavy (non-hydrogen) atoms. The van der Waals surface area contributed by atoms with E-state index < -0.39 is 0 Å². The summed E-state index contributed by atoms with van der Waals surface area (Å²) in [5, 5.41) is 0. The normalized spacial score (nSPS) is 11.9. The Labute approximate surface area is 108 Å². The van der Waals surface area contributed by atoms with Crippen molar-refractivity contribution in [3.05, 3.63) is 24.3 Å². The van der Waals surface area contributed by atoms with E-state index in [0.29, 0.717) is 6.54 Å². The SMILES string of the molecule is CCCCCCCCCCC/C=C/C=C/CN. The molecule has 0 saturated carbocycles. The molecular weight excluding hydrogens is 206 g/mol. The Bertz CT molecular complexity index is 182. The van der Waals surface area contributed by atoms with Crippen LogP contribution < -0.4 is 5.73 Å². The maximum atomic E-state index is 5.35. The summed E-state index contributed by atoms with van der Waals surface area (Å²) in [5.74, 6) is 0. The molecule has 0 aliphatic carbocycles. The molecule has 2 N–H and O–H groups in total. The average Bonchev–Trinajstić information content (AvgIpc) is 2.35.